The van der Waals surface area contributed by atoms with Gasteiger partial charge in [-0.05, 0) is 25.0 Å². The third kappa shape index (κ3) is 3.97. The maximum atomic E-state index is 13.1. The Morgan fingerprint density at radius 2 is 1.62 bits per heavy atom. The molecule has 2 N–H and O–H groups in total. The summed E-state index contributed by atoms with van der Waals surface area (Å²) in [5.74, 6) is -5.15. The van der Waals surface area contributed by atoms with E-state index in [1.54, 1.807) is 0 Å². The quantitative estimate of drug-likeness (QED) is 0.666. The topological polar surface area (TPSA) is 49.3 Å². The first-order valence-corrected chi connectivity index (χ1v) is 7.06. The van der Waals surface area contributed by atoms with Gasteiger partial charge < -0.3 is 10.4 Å². The van der Waals surface area contributed by atoms with E-state index in [4.69, 9.17) is 0 Å². The van der Waals surface area contributed by atoms with Crippen molar-refractivity contribution >= 4 is 5.91 Å². The second-order valence-corrected chi connectivity index (χ2v) is 5.58. The van der Waals surface area contributed by atoms with Gasteiger partial charge in [0.2, 0.25) is 0 Å². The Bertz CT molecular complexity index is 503. The van der Waals surface area contributed by atoms with Gasteiger partial charge in [0.15, 0.2) is 17.5 Å². The van der Waals surface area contributed by atoms with Gasteiger partial charge in [0.05, 0.1) is 5.60 Å². The fraction of sp³-hybridized carbons (Fsp3) is 0.533. The van der Waals surface area contributed by atoms with Gasteiger partial charge in [0, 0.05) is 12.1 Å². The average Bonchev–Trinajstić information content (AvgIpc) is 2.67. The lowest BCUT2D eigenvalue weighted by molar-refractivity contribution is 0.0246. The summed E-state index contributed by atoms with van der Waals surface area (Å²) in [6, 6.07) is 1.29. The molecule has 0 heterocycles. The Kier molecular flexibility index (Phi) is 4.88. The van der Waals surface area contributed by atoms with E-state index < -0.39 is 29.0 Å². The summed E-state index contributed by atoms with van der Waals surface area (Å²) in [6.07, 6.45) is 5.02. The number of carbonyl (C=O) groups is 1. The van der Waals surface area contributed by atoms with Gasteiger partial charge in [-0.25, -0.2) is 13.2 Å². The van der Waals surface area contributed by atoms with Crippen molar-refractivity contribution < 1.29 is 23.1 Å². The molecule has 0 radical (unpaired) electrons. The third-order valence-electron chi connectivity index (χ3n) is 3.86. The molecule has 0 saturated heterocycles. The van der Waals surface area contributed by atoms with Crippen LogP contribution < -0.4 is 5.32 Å². The fourth-order valence-corrected chi connectivity index (χ4v) is 2.60. The molecule has 3 nitrogen and oxygen atoms in total. The molecule has 1 aromatic rings. The normalized spacial score (nSPS) is 18.1. The van der Waals surface area contributed by atoms with E-state index in [-0.39, 0.29) is 12.1 Å². The molecule has 2 rings (SSSR count). The van der Waals surface area contributed by atoms with Crippen LogP contribution in [0.1, 0.15) is 48.9 Å². The Morgan fingerprint density at radius 1 is 1.10 bits per heavy atom. The lowest BCUT2D eigenvalue weighted by Gasteiger charge is -2.26. The first-order valence-electron chi connectivity index (χ1n) is 7.06. The molecule has 116 valence electrons. The van der Waals surface area contributed by atoms with Gasteiger partial charge in [-0.3, -0.25) is 4.79 Å². The van der Waals surface area contributed by atoms with Crippen molar-refractivity contribution in [3.63, 3.8) is 0 Å². The molecule has 1 aliphatic carbocycles. The van der Waals surface area contributed by atoms with Gasteiger partial charge in [-0.2, -0.15) is 0 Å². The highest BCUT2D eigenvalue weighted by Gasteiger charge is 2.28. The summed E-state index contributed by atoms with van der Waals surface area (Å²) in [7, 11) is 0. The standard InChI is InChI=1S/C15H18F3NO2/c16-11-7-10(8-12(17)13(11)18)14(20)19-9-15(21)5-3-1-2-4-6-15/h7-8,21H,1-6,9H2,(H,19,20). The zero-order chi connectivity index (χ0) is 15.5. The van der Waals surface area contributed by atoms with Crippen LogP contribution in [-0.2, 0) is 0 Å². The number of benzene rings is 1. The summed E-state index contributed by atoms with van der Waals surface area (Å²) in [4.78, 5) is 11.9. The average molecular weight is 301 g/mol. The number of halogens is 3. The molecule has 21 heavy (non-hydrogen) atoms. The highest BCUT2D eigenvalue weighted by molar-refractivity contribution is 5.94. The van der Waals surface area contributed by atoms with Gasteiger partial charge in [0.25, 0.3) is 5.91 Å². The largest absolute Gasteiger partial charge is 0.388 e. The zero-order valence-corrected chi connectivity index (χ0v) is 11.6. The summed E-state index contributed by atoms with van der Waals surface area (Å²) in [5, 5.41) is 12.8. The molecule has 0 spiro atoms. The highest BCUT2D eigenvalue weighted by atomic mass is 19.2. The van der Waals surface area contributed by atoms with Crippen LogP contribution in [-0.4, -0.2) is 23.2 Å². The second-order valence-electron chi connectivity index (χ2n) is 5.58. The lowest BCUT2D eigenvalue weighted by atomic mass is 9.94. The van der Waals surface area contributed by atoms with Crippen molar-refractivity contribution in [3.05, 3.63) is 35.1 Å². The van der Waals surface area contributed by atoms with Crippen molar-refractivity contribution in [1.29, 1.82) is 0 Å². The number of carbonyl (C=O) groups excluding carboxylic acids is 1. The zero-order valence-electron chi connectivity index (χ0n) is 11.6. The third-order valence-corrected chi connectivity index (χ3v) is 3.86. The van der Waals surface area contributed by atoms with Crippen LogP contribution in [0.4, 0.5) is 13.2 Å². The predicted octanol–water partition coefficient (Wildman–Crippen LogP) is 2.92. The molecule has 1 aliphatic rings. The van der Waals surface area contributed by atoms with Crippen molar-refractivity contribution in [2.75, 3.05) is 6.54 Å². The minimum absolute atomic E-state index is 0.0203. The van der Waals surface area contributed by atoms with Crippen LogP contribution in [0.2, 0.25) is 0 Å². The molecule has 1 fully saturated rings. The fourth-order valence-electron chi connectivity index (χ4n) is 2.60. The molecule has 1 aromatic carbocycles. The molecule has 0 aromatic heterocycles. The molecule has 0 unspecified atom stereocenters. The number of amides is 1. The van der Waals surface area contributed by atoms with E-state index in [2.05, 4.69) is 5.32 Å². The number of rotatable bonds is 3. The van der Waals surface area contributed by atoms with E-state index >= 15 is 0 Å². The van der Waals surface area contributed by atoms with Crippen LogP contribution in [0, 0.1) is 17.5 Å². The number of nitrogens with one attached hydrogen (secondary N) is 1. The summed E-state index contributed by atoms with van der Waals surface area (Å²) < 4.78 is 39.0. The van der Waals surface area contributed by atoms with Gasteiger partial charge >= 0.3 is 0 Å². The maximum Gasteiger partial charge on any atom is 0.251 e. The van der Waals surface area contributed by atoms with Crippen LogP contribution in [0.25, 0.3) is 0 Å². The molecule has 0 atom stereocenters. The van der Waals surface area contributed by atoms with Crippen molar-refractivity contribution in [2.24, 2.45) is 0 Å². The van der Waals surface area contributed by atoms with Gasteiger partial charge in [0.1, 0.15) is 0 Å². The monoisotopic (exact) mass is 301 g/mol. The summed E-state index contributed by atoms with van der Waals surface area (Å²) >= 11 is 0. The molecule has 1 saturated carbocycles. The Balaban J connectivity index is 2.01. The SMILES string of the molecule is O=C(NCC1(O)CCCCCC1)c1cc(F)c(F)c(F)c1. The van der Waals surface area contributed by atoms with Crippen LogP contribution in [0.15, 0.2) is 12.1 Å². The van der Waals surface area contributed by atoms with E-state index in [1.807, 2.05) is 0 Å². The molecular formula is C15H18F3NO2. The van der Waals surface area contributed by atoms with Crippen molar-refractivity contribution in [1.82, 2.24) is 5.32 Å². The highest BCUT2D eigenvalue weighted by Crippen LogP contribution is 2.26. The molecular weight excluding hydrogens is 283 g/mol. The number of aliphatic hydroxyl groups is 1. The lowest BCUT2D eigenvalue weighted by Crippen LogP contribution is -2.42. The Hall–Kier alpha value is -1.56. The Labute approximate surface area is 121 Å². The van der Waals surface area contributed by atoms with Crippen LogP contribution in [0.5, 0.6) is 0 Å². The van der Waals surface area contributed by atoms with Gasteiger partial charge in [-0.1, -0.05) is 25.7 Å². The summed E-state index contributed by atoms with van der Waals surface area (Å²) in [6.45, 7) is 0.0203. The van der Waals surface area contributed by atoms with Crippen LogP contribution in [0.3, 0.4) is 0 Å². The van der Waals surface area contributed by atoms with Crippen LogP contribution >= 0.6 is 0 Å². The second kappa shape index (κ2) is 6.47. The number of hydrogen-bond donors (Lipinski definition) is 2. The minimum atomic E-state index is -1.60. The van der Waals surface area contributed by atoms with E-state index in [9.17, 15) is 23.1 Å². The molecule has 6 heteroatoms. The maximum absolute atomic E-state index is 13.1. The molecule has 0 bridgehead atoms. The first-order chi connectivity index (χ1) is 9.91. The predicted molar refractivity (Wildman–Crippen MR) is 71.3 cm³/mol. The smallest absolute Gasteiger partial charge is 0.251 e. The Morgan fingerprint density at radius 3 is 2.14 bits per heavy atom. The van der Waals surface area contributed by atoms with E-state index in [0.29, 0.717) is 25.0 Å². The first kappa shape index (κ1) is 15.8. The van der Waals surface area contributed by atoms with E-state index in [0.717, 1.165) is 25.7 Å². The van der Waals surface area contributed by atoms with Crippen molar-refractivity contribution in [2.45, 2.75) is 44.1 Å². The minimum Gasteiger partial charge on any atom is -0.388 e. The molecule has 1 amide bonds. The number of hydrogen-bond acceptors (Lipinski definition) is 2. The van der Waals surface area contributed by atoms with Gasteiger partial charge in [-0.15, -0.1) is 0 Å². The summed E-state index contributed by atoms with van der Waals surface area (Å²) in [5.41, 5.74) is -1.29. The van der Waals surface area contributed by atoms with E-state index in [1.165, 1.54) is 0 Å². The molecule has 0 aliphatic heterocycles. The van der Waals surface area contributed by atoms with Crippen molar-refractivity contribution in [3.8, 4) is 0 Å².